The lowest BCUT2D eigenvalue weighted by molar-refractivity contribution is 0.170. The minimum absolute atomic E-state index is 0.0320. The van der Waals surface area contributed by atoms with Gasteiger partial charge in [-0.2, -0.15) is 4.39 Å². The van der Waals surface area contributed by atoms with E-state index in [2.05, 4.69) is 0 Å². The van der Waals surface area contributed by atoms with Gasteiger partial charge in [-0.1, -0.05) is 12.2 Å². The molecule has 0 unspecified atom stereocenters. The van der Waals surface area contributed by atoms with Crippen LogP contribution in [0.3, 0.4) is 0 Å². The van der Waals surface area contributed by atoms with E-state index >= 15 is 0 Å². The summed E-state index contributed by atoms with van der Waals surface area (Å²) in [5.74, 6) is -1.01. The number of aromatic hydroxyl groups is 1. The Morgan fingerprint density at radius 3 is 3.07 bits per heavy atom. The Bertz CT molecular complexity index is 418. The number of phenols is 1. The van der Waals surface area contributed by atoms with Crippen molar-refractivity contribution in [3.8, 4) is 17.2 Å². The second kappa shape index (κ2) is 3.78. The number of fused-ring (bicyclic) bond motifs is 1. The van der Waals surface area contributed by atoms with E-state index in [1.165, 1.54) is 12.1 Å². The molecule has 0 atom stereocenters. The minimum atomic E-state index is -0.804. The van der Waals surface area contributed by atoms with E-state index in [-0.39, 0.29) is 12.5 Å². The highest BCUT2D eigenvalue weighted by atomic mass is 19.1. The van der Waals surface area contributed by atoms with Crippen LogP contribution in [0.2, 0.25) is 0 Å². The molecule has 2 rings (SSSR count). The Morgan fingerprint density at radius 1 is 1.53 bits per heavy atom. The summed E-state index contributed by atoms with van der Waals surface area (Å²) in [6.07, 6.45) is 3.14. The van der Waals surface area contributed by atoms with E-state index in [1.54, 1.807) is 6.08 Å². The number of hydrogen-bond donors (Lipinski definition) is 2. The fourth-order valence-electron chi connectivity index (χ4n) is 1.33. The van der Waals surface area contributed by atoms with Crippen molar-refractivity contribution in [2.75, 3.05) is 13.3 Å². The molecule has 0 radical (unpaired) electrons. The number of nitrogens with two attached hydrogens (primary N) is 1. The number of halogens is 1. The molecule has 3 N–H and O–H groups in total. The Labute approximate surface area is 85.7 Å². The van der Waals surface area contributed by atoms with Crippen molar-refractivity contribution in [3.05, 3.63) is 23.5 Å². The van der Waals surface area contributed by atoms with Crippen LogP contribution in [-0.2, 0) is 0 Å². The third-order valence-electron chi connectivity index (χ3n) is 2.04. The van der Waals surface area contributed by atoms with Crippen molar-refractivity contribution < 1.29 is 19.0 Å². The molecule has 0 aliphatic carbocycles. The summed E-state index contributed by atoms with van der Waals surface area (Å²) >= 11 is 0. The van der Waals surface area contributed by atoms with Crippen LogP contribution in [0.5, 0.6) is 17.2 Å². The highest BCUT2D eigenvalue weighted by Gasteiger charge is 2.23. The van der Waals surface area contributed by atoms with Gasteiger partial charge in [0.1, 0.15) is 0 Å². The van der Waals surface area contributed by atoms with Gasteiger partial charge in [0.25, 0.3) is 0 Å². The Balaban J connectivity index is 2.49. The molecule has 1 heterocycles. The van der Waals surface area contributed by atoms with Gasteiger partial charge in [-0.05, 0) is 6.07 Å². The highest BCUT2D eigenvalue weighted by molar-refractivity contribution is 5.64. The molecule has 0 aromatic heterocycles. The number of phenolic OH excluding ortho intramolecular Hbond substituents is 1. The largest absolute Gasteiger partial charge is 0.504 e. The molecule has 0 saturated carbocycles. The first-order valence-corrected chi connectivity index (χ1v) is 4.41. The van der Waals surface area contributed by atoms with Crippen molar-refractivity contribution in [1.29, 1.82) is 0 Å². The van der Waals surface area contributed by atoms with E-state index in [9.17, 15) is 9.50 Å². The zero-order chi connectivity index (χ0) is 10.8. The van der Waals surface area contributed by atoms with Crippen LogP contribution in [0.4, 0.5) is 4.39 Å². The third-order valence-corrected chi connectivity index (χ3v) is 2.04. The molecule has 5 heteroatoms. The molecule has 4 nitrogen and oxygen atoms in total. The van der Waals surface area contributed by atoms with Gasteiger partial charge in [0.05, 0.1) is 0 Å². The molecule has 15 heavy (non-hydrogen) atoms. The molecular formula is C10H10FNO3. The van der Waals surface area contributed by atoms with Gasteiger partial charge < -0.3 is 20.3 Å². The fourth-order valence-corrected chi connectivity index (χ4v) is 1.33. The maximum Gasteiger partial charge on any atom is 0.231 e. The molecule has 0 saturated heterocycles. The number of benzene rings is 1. The standard InChI is InChI=1S/C10H10FNO3/c11-8-9(13)6(2-1-3-12)4-7-10(8)15-5-14-7/h1-2,4,13H,3,5,12H2/b2-1+. The number of hydrogen-bond acceptors (Lipinski definition) is 4. The summed E-state index contributed by atoms with van der Waals surface area (Å²) in [5, 5.41) is 9.49. The lowest BCUT2D eigenvalue weighted by Gasteiger charge is -2.04. The van der Waals surface area contributed by atoms with Crippen molar-refractivity contribution in [1.82, 2.24) is 0 Å². The molecule has 0 fully saturated rings. The number of rotatable bonds is 2. The van der Waals surface area contributed by atoms with Gasteiger partial charge in [-0.15, -0.1) is 0 Å². The van der Waals surface area contributed by atoms with Crippen LogP contribution in [0.1, 0.15) is 5.56 Å². The molecule has 0 bridgehead atoms. The van der Waals surface area contributed by atoms with E-state index in [0.717, 1.165) is 0 Å². The van der Waals surface area contributed by atoms with Crippen LogP contribution in [0.15, 0.2) is 12.1 Å². The summed E-state index contributed by atoms with van der Waals surface area (Å²) in [6.45, 7) is 0.283. The van der Waals surface area contributed by atoms with E-state index in [4.69, 9.17) is 15.2 Å². The minimum Gasteiger partial charge on any atom is -0.504 e. The normalized spacial score (nSPS) is 13.7. The van der Waals surface area contributed by atoms with Crippen LogP contribution in [0, 0.1) is 5.82 Å². The summed E-state index contributed by atoms with van der Waals surface area (Å²) in [7, 11) is 0. The average molecular weight is 211 g/mol. The molecule has 1 aromatic rings. The lowest BCUT2D eigenvalue weighted by atomic mass is 10.1. The van der Waals surface area contributed by atoms with Crippen molar-refractivity contribution in [2.24, 2.45) is 5.73 Å². The van der Waals surface area contributed by atoms with Gasteiger partial charge in [-0.3, -0.25) is 0 Å². The quantitative estimate of drug-likeness (QED) is 0.772. The maximum atomic E-state index is 13.5. The topological polar surface area (TPSA) is 64.7 Å². The molecule has 1 aromatic carbocycles. The first-order valence-electron chi connectivity index (χ1n) is 4.41. The van der Waals surface area contributed by atoms with Crippen LogP contribution < -0.4 is 15.2 Å². The second-order valence-corrected chi connectivity index (χ2v) is 3.00. The lowest BCUT2D eigenvalue weighted by Crippen LogP contribution is -1.93. The summed E-state index contributed by atoms with van der Waals surface area (Å²) in [5.41, 5.74) is 5.58. The van der Waals surface area contributed by atoms with Crippen LogP contribution in [-0.4, -0.2) is 18.4 Å². The Morgan fingerprint density at radius 2 is 2.33 bits per heavy atom. The molecule has 0 amide bonds. The molecule has 1 aliphatic heterocycles. The molecule has 80 valence electrons. The van der Waals surface area contributed by atoms with Crippen molar-refractivity contribution in [3.63, 3.8) is 0 Å². The predicted molar refractivity (Wildman–Crippen MR) is 52.3 cm³/mol. The third kappa shape index (κ3) is 1.61. The SMILES string of the molecule is NC/C=C/c1cc2c(c(F)c1O)OCO2. The molecular weight excluding hydrogens is 201 g/mol. The zero-order valence-corrected chi connectivity index (χ0v) is 7.87. The molecule has 0 spiro atoms. The second-order valence-electron chi connectivity index (χ2n) is 3.00. The van der Waals surface area contributed by atoms with Gasteiger partial charge in [0.15, 0.2) is 11.5 Å². The summed E-state index contributed by atoms with van der Waals surface area (Å²) in [6, 6.07) is 1.51. The van der Waals surface area contributed by atoms with Crippen LogP contribution in [0.25, 0.3) is 6.08 Å². The predicted octanol–water partition coefficient (Wildman–Crippen LogP) is 1.23. The van der Waals surface area contributed by atoms with Crippen molar-refractivity contribution >= 4 is 6.08 Å². The first-order chi connectivity index (χ1) is 7.24. The number of ether oxygens (including phenoxy) is 2. The summed E-state index contributed by atoms with van der Waals surface area (Å²) < 4.78 is 23.4. The fraction of sp³-hybridized carbons (Fsp3) is 0.200. The van der Waals surface area contributed by atoms with E-state index in [1.807, 2.05) is 0 Å². The summed E-state index contributed by atoms with van der Waals surface area (Å²) in [4.78, 5) is 0. The maximum absolute atomic E-state index is 13.5. The monoisotopic (exact) mass is 211 g/mol. The Kier molecular flexibility index (Phi) is 2.47. The van der Waals surface area contributed by atoms with Crippen molar-refractivity contribution in [2.45, 2.75) is 0 Å². The van der Waals surface area contributed by atoms with E-state index in [0.29, 0.717) is 17.9 Å². The van der Waals surface area contributed by atoms with Gasteiger partial charge in [-0.25, -0.2) is 0 Å². The Hall–Kier alpha value is -1.75. The zero-order valence-electron chi connectivity index (χ0n) is 7.87. The first kappa shape index (κ1) is 9.79. The molecule has 1 aliphatic rings. The van der Waals surface area contributed by atoms with Gasteiger partial charge in [0, 0.05) is 12.1 Å². The van der Waals surface area contributed by atoms with Gasteiger partial charge in [0.2, 0.25) is 18.4 Å². The van der Waals surface area contributed by atoms with E-state index < -0.39 is 11.6 Å². The smallest absolute Gasteiger partial charge is 0.231 e. The highest BCUT2D eigenvalue weighted by Crippen LogP contribution is 2.41. The van der Waals surface area contributed by atoms with Crippen LogP contribution >= 0.6 is 0 Å². The van der Waals surface area contributed by atoms with Gasteiger partial charge >= 0.3 is 0 Å². The average Bonchev–Trinajstić information content (AvgIpc) is 2.69.